The van der Waals surface area contributed by atoms with E-state index in [2.05, 4.69) is 5.32 Å². The molecule has 0 bridgehead atoms. The highest BCUT2D eigenvalue weighted by Gasteiger charge is 2.31. The van der Waals surface area contributed by atoms with Crippen LogP contribution in [0, 0.1) is 0 Å². The molecule has 0 saturated carbocycles. The van der Waals surface area contributed by atoms with Crippen LogP contribution in [-0.4, -0.2) is 49.4 Å². The van der Waals surface area contributed by atoms with Gasteiger partial charge in [-0.3, -0.25) is 4.79 Å². The van der Waals surface area contributed by atoms with Gasteiger partial charge in [0.25, 0.3) is 0 Å². The predicted octanol–water partition coefficient (Wildman–Crippen LogP) is 3.35. The van der Waals surface area contributed by atoms with Crippen molar-refractivity contribution in [1.29, 1.82) is 0 Å². The van der Waals surface area contributed by atoms with Crippen LogP contribution in [0.2, 0.25) is 0 Å². The third-order valence-corrected chi connectivity index (χ3v) is 6.25. The summed E-state index contributed by atoms with van der Waals surface area (Å²) in [6, 6.07) is 5.34. The SMILES string of the molecule is CCOC(=O)c1c(NC(=O)Cc2ccc3c(c2)OCO3)sc2c1CCN(C(=O)OCC)C2. The Morgan fingerprint density at radius 3 is 2.69 bits per heavy atom. The second-order valence-electron chi connectivity index (χ2n) is 7.21. The molecule has 2 amide bonds. The van der Waals surface area contributed by atoms with Gasteiger partial charge in [-0.15, -0.1) is 11.3 Å². The maximum absolute atomic E-state index is 12.8. The summed E-state index contributed by atoms with van der Waals surface area (Å²) in [5, 5.41) is 3.30. The van der Waals surface area contributed by atoms with Crippen LogP contribution in [0.4, 0.5) is 9.80 Å². The van der Waals surface area contributed by atoms with E-state index in [-0.39, 0.29) is 25.7 Å². The molecule has 4 rings (SSSR count). The zero-order valence-corrected chi connectivity index (χ0v) is 18.7. The van der Waals surface area contributed by atoms with E-state index in [1.165, 1.54) is 11.3 Å². The van der Waals surface area contributed by atoms with Crippen LogP contribution in [-0.2, 0) is 33.7 Å². The monoisotopic (exact) mass is 460 g/mol. The Bertz CT molecular complexity index is 1050. The number of anilines is 1. The molecule has 0 spiro atoms. The lowest BCUT2D eigenvalue weighted by molar-refractivity contribution is -0.115. The summed E-state index contributed by atoms with van der Waals surface area (Å²) in [5.41, 5.74) is 1.95. The molecule has 0 saturated heterocycles. The number of hydrogen-bond donors (Lipinski definition) is 1. The number of carbonyl (C=O) groups excluding carboxylic acids is 3. The molecule has 0 radical (unpaired) electrons. The zero-order valence-electron chi connectivity index (χ0n) is 17.9. The molecule has 2 aliphatic rings. The Hall–Kier alpha value is -3.27. The Morgan fingerprint density at radius 1 is 1.12 bits per heavy atom. The summed E-state index contributed by atoms with van der Waals surface area (Å²) in [7, 11) is 0. The molecule has 1 aromatic heterocycles. The maximum atomic E-state index is 12.8. The summed E-state index contributed by atoms with van der Waals surface area (Å²) in [6.07, 6.45) is 0.199. The number of rotatable bonds is 6. The first-order valence-corrected chi connectivity index (χ1v) is 11.2. The highest BCUT2D eigenvalue weighted by atomic mass is 32.1. The minimum Gasteiger partial charge on any atom is -0.462 e. The average molecular weight is 461 g/mol. The summed E-state index contributed by atoms with van der Waals surface area (Å²) in [4.78, 5) is 40.0. The highest BCUT2D eigenvalue weighted by molar-refractivity contribution is 7.17. The van der Waals surface area contributed by atoms with Crippen LogP contribution in [0.25, 0.3) is 0 Å². The summed E-state index contributed by atoms with van der Waals surface area (Å²) in [5.74, 6) is 0.507. The quantitative estimate of drug-likeness (QED) is 0.660. The van der Waals surface area contributed by atoms with E-state index in [0.29, 0.717) is 48.2 Å². The zero-order chi connectivity index (χ0) is 22.7. The molecular formula is C22H24N2O7S. The topological polar surface area (TPSA) is 103 Å². The lowest BCUT2D eigenvalue weighted by atomic mass is 10.0. The number of amides is 2. The molecule has 0 aliphatic carbocycles. The van der Waals surface area contributed by atoms with Crippen molar-refractivity contribution >= 4 is 34.3 Å². The first-order chi connectivity index (χ1) is 15.5. The molecule has 3 heterocycles. The fraction of sp³-hybridized carbons (Fsp3) is 0.409. The second-order valence-corrected chi connectivity index (χ2v) is 8.32. The van der Waals surface area contributed by atoms with E-state index >= 15 is 0 Å². The number of fused-ring (bicyclic) bond motifs is 2. The van der Waals surface area contributed by atoms with E-state index in [4.69, 9.17) is 18.9 Å². The number of benzene rings is 1. The number of hydrogen-bond acceptors (Lipinski definition) is 8. The van der Waals surface area contributed by atoms with Crippen LogP contribution in [0.1, 0.15) is 40.2 Å². The molecule has 0 fully saturated rings. The van der Waals surface area contributed by atoms with Crippen molar-refractivity contribution in [2.24, 2.45) is 0 Å². The first kappa shape index (κ1) is 21.9. The van der Waals surface area contributed by atoms with Crippen LogP contribution in [0.3, 0.4) is 0 Å². The van der Waals surface area contributed by atoms with Crippen molar-refractivity contribution in [2.45, 2.75) is 33.2 Å². The number of thiophene rings is 1. The summed E-state index contributed by atoms with van der Waals surface area (Å²) < 4.78 is 21.0. The van der Waals surface area contributed by atoms with Gasteiger partial charge in [-0.25, -0.2) is 9.59 Å². The maximum Gasteiger partial charge on any atom is 0.410 e. The van der Waals surface area contributed by atoms with Gasteiger partial charge in [0.05, 0.1) is 31.7 Å². The molecule has 9 nitrogen and oxygen atoms in total. The smallest absolute Gasteiger partial charge is 0.410 e. The Labute approximate surface area is 189 Å². The fourth-order valence-corrected chi connectivity index (χ4v) is 4.96. The lowest BCUT2D eigenvalue weighted by Crippen LogP contribution is -2.36. The third-order valence-electron chi connectivity index (χ3n) is 5.12. The standard InChI is InChI=1S/C22H24N2O7S/c1-3-28-21(26)19-14-7-8-24(22(27)29-4-2)11-17(14)32-20(19)23-18(25)10-13-5-6-15-16(9-13)31-12-30-15/h5-6,9H,3-4,7-8,10-12H2,1-2H3,(H,23,25). The molecule has 2 aromatic rings. The summed E-state index contributed by atoms with van der Waals surface area (Å²) in [6.45, 7) is 4.92. The second kappa shape index (κ2) is 9.47. The average Bonchev–Trinajstić information content (AvgIpc) is 3.37. The third kappa shape index (κ3) is 4.50. The van der Waals surface area contributed by atoms with Crippen LogP contribution in [0.5, 0.6) is 11.5 Å². The van der Waals surface area contributed by atoms with Crippen molar-refractivity contribution < 1.29 is 33.3 Å². The van der Waals surface area contributed by atoms with Crippen molar-refractivity contribution in [3.63, 3.8) is 0 Å². The van der Waals surface area contributed by atoms with E-state index in [9.17, 15) is 14.4 Å². The molecule has 0 atom stereocenters. The first-order valence-electron chi connectivity index (χ1n) is 10.4. The van der Waals surface area contributed by atoms with Crippen LogP contribution in [0.15, 0.2) is 18.2 Å². The van der Waals surface area contributed by atoms with Gasteiger partial charge < -0.3 is 29.2 Å². The normalized spacial score (nSPS) is 14.0. The predicted molar refractivity (Wildman–Crippen MR) is 116 cm³/mol. The molecular weight excluding hydrogens is 436 g/mol. The lowest BCUT2D eigenvalue weighted by Gasteiger charge is -2.26. The molecule has 1 N–H and O–H groups in total. The van der Waals surface area contributed by atoms with Gasteiger partial charge >= 0.3 is 12.1 Å². The van der Waals surface area contributed by atoms with Crippen molar-refractivity contribution in [3.8, 4) is 11.5 Å². The number of carbonyl (C=O) groups is 3. The van der Waals surface area contributed by atoms with Gasteiger partial charge in [0.15, 0.2) is 11.5 Å². The van der Waals surface area contributed by atoms with Gasteiger partial charge in [-0.05, 0) is 43.5 Å². The number of nitrogens with zero attached hydrogens (tertiary/aromatic N) is 1. The van der Waals surface area contributed by atoms with Crippen LogP contribution < -0.4 is 14.8 Å². The number of ether oxygens (including phenoxy) is 4. The largest absolute Gasteiger partial charge is 0.462 e. The molecule has 1 aromatic carbocycles. The van der Waals surface area contributed by atoms with Gasteiger partial charge in [0.2, 0.25) is 12.7 Å². The minimum absolute atomic E-state index is 0.108. The molecule has 170 valence electrons. The van der Waals surface area contributed by atoms with E-state index in [1.54, 1.807) is 36.9 Å². The highest BCUT2D eigenvalue weighted by Crippen LogP contribution is 2.38. The Kier molecular flexibility index (Phi) is 6.50. The van der Waals surface area contributed by atoms with Crippen LogP contribution >= 0.6 is 11.3 Å². The summed E-state index contributed by atoms with van der Waals surface area (Å²) >= 11 is 1.29. The van der Waals surface area contributed by atoms with Crippen molar-refractivity contribution in [2.75, 3.05) is 31.9 Å². The van der Waals surface area contributed by atoms with Gasteiger partial charge in [-0.1, -0.05) is 6.07 Å². The van der Waals surface area contributed by atoms with E-state index in [0.717, 1.165) is 16.0 Å². The van der Waals surface area contributed by atoms with Crippen molar-refractivity contribution in [1.82, 2.24) is 4.90 Å². The number of nitrogens with one attached hydrogen (secondary N) is 1. The molecule has 2 aliphatic heterocycles. The van der Waals surface area contributed by atoms with E-state index < -0.39 is 12.1 Å². The van der Waals surface area contributed by atoms with E-state index in [1.807, 2.05) is 0 Å². The minimum atomic E-state index is -0.479. The Morgan fingerprint density at radius 2 is 1.91 bits per heavy atom. The number of esters is 1. The molecule has 0 unspecified atom stereocenters. The van der Waals surface area contributed by atoms with Crippen molar-refractivity contribution in [3.05, 3.63) is 39.8 Å². The Balaban J connectivity index is 1.54. The van der Waals surface area contributed by atoms with Gasteiger partial charge in [0.1, 0.15) is 5.00 Å². The fourth-order valence-electron chi connectivity index (χ4n) is 3.69. The molecule has 32 heavy (non-hydrogen) atoms. The van der Waals surface area contributed by atoms with Gasteiger partial charge in [0, 0.05) is 11.4 Å². The molecule has 10 heteroatoms. The van der Waals surface area contributed by atoms with Gasteiger partial charge in [-0.2, -0.15) is 0 Å².